The van der Waals surface area contributed by atoms with Gasteiger partial charge in [0.1, 0.15) is 5.52 Å². The molecule has 1 saturated heterocycles. The number of benzene rings is 1. The van der Waals surface area contributed by atoms with Crippen molar-refractivity contribution < 1.29 is 4.42 Å². The molecule has 1 aromatic heterocycles. The van der Waals surface area contributed by atoms with Crippen LogP contribution in [0.1, 0.15) is 25.2 Å². The lowest BCUT2D eigenvalue weighted by Gasteiger charge is -2.21. The highest BCUT2D eigenvalue weighted by Crippen LogP contribution is 2.25. The van der Waals surface area contributed by atoms with Gasteiger partial charge in [0.05, 0.1) is 5.02 Å². The van der Waals surface area contributed by atoms with Gasteiger partial charge in [-0.25, -0.2) is 4.98 Å². The Morgan fingerprint density at radius 1 is 1.33 bits per heavy atom. The number of nitrogens with zero attached hydrogens (tertiary/aromatic N) is 1. The summed E-state index contributed by atoms with van der Waals surface area (Å²) < 4.78 is 5.73. The average molecular weight is 265 g/mol. The number of nitrogens with one attached hydrogen (secondary N) is 1. The quantitative estimate of drug-likeness (QED) is 0.923. The zero-order chi connectivity index (χ0) is 12.4. The smallest absolute Gasteiger partial charge is 0.195 e. The lowest BCUT2D eigenvalue weighted by Crippen LogP contribution is -2.27. The van der Waals surface area contributed by atoms with Crippen LogP contribution < -0.4 is 5.32 Å². The average Bonchev–Trinajstić information content (AvgIpc) is 2.82. The SMILES string of the molecule is Clc1cccc2nc(CCC3CCNCC3)oc12. The molecule has 0 unspecified atom stereocenters. The van der Waals surface area contributed by atoms with Crippen LogP contribution in [0.4, 0.5) is 0 Å². The molecule has 1 N–H and O–H groups in total. The van der Waals surface area contributed by atoms with E-state index >= 15 is 0 Å². The van der Waals surface area contributed by atoms with Crippen molar-refractivity contribution in [2.45, 2.75) is 25.7 Å². The molecule has 3 rings (SSSR count). The zero-order valence-electron chi connectivity index (χ0n) is 10.3. The first-order chi connectivity index (χ1) is 8.83. The van der Waals surface area contributed by atoms with Gasteiger partial charge in [-0.15, -0.1) is 0 Å². The van der Waals surface area contributed by atoms with E-state index in [1.165, 1.54) is 12.8 Å². The van der Waals surface area contributed by atoms with E-state index in [1.807, 2.05) is 18.2 Å². The van der Waals surface area contributed by atoms with Gasteiger partial charge in [-0.3, -0.25) is 0 Å². The van der Waals surface area contributed by atoms with Crippen LogP contribution in [0.5, 0.6) is 0 Å². The summed E-state index contributed by atoms with van der Waals surface area (Å²) in [6.45, 7) is 2.29. The fraction of sp³-hybridized carbons (Fsp3) is 0.500. The van der Waals surface area contributed by atoms with E-state index in [1.54, 1.807) is 0 Å². The van der Waals surface area contributed by atoms with E-state index in [4.69, 9.17) is 16.0 Å². The molecule has 96 valence electrons. The van der Waals surface area contributed by atoms with Gasteiger partial charge in [0, 0.05) is 6.42 Å². The maximum atomic E-state index is 6.08. The summed E-state index contributed by atoms with van der Waals surface area (Å²) in [5.41, 5.74) is 1.59. The van der Waals surface area contributed by atoms with Crippen LogP contribution >= 0.6 is 11.6 Å². The van der Waals surface area contributed by atoms with Gasteiger partial charge in [-0.05, 0) is 50.4 Å². The minimum Gasteiger partial charge on any atom is -0.439 e. The number of fused-ring (bicyclic) bond motifs is 1. The molecule has 2 heterocycles. The highest BCUT2D eigenvalue weighted by Gasteiger charge is 2.15. The van der Waals surface area contributed by atoms with Crippen molar-refractivity contribution >= 4 is 22.7 Å². The fourth-order valence-corrected chi connectivity index (χ4v) is 2.77. The number of halogens is 1. The minimum absolute atomic E-state index is 0.646. The van der Waals surface area contributed by atoms with Crippen LogP contribution in [0, 0.1) is 5.92 Å². The van der Waals surface area contributed by atoms with Crippen molar-refractivity contribution in [1.82, 2.24) is 10.3 Å². The van der Waals surface area contributed by atoms with Crippen molar-refractivity contribution in [3.8, 4) is 0 Å². The molecule has 1 fully saturated rings. The lowest BCUT2D eigenvalue weighted by molar-refractivity contribution is 0.343. The third-order valence-electron chi connectivity index (χ3n) is 3.64. The Morgan fingerprint density at radius 3 is 2.94 bits per heavy atom. The third-order valence-corrected chi connectivity index (χ3v) is 3.93. The molecule has 0 saturated carbocycles. The number of rotatable bonds is 3. The highest BCUT2D eigenvalue weighted by atomic mass is 35.5. The molecule has 0 radical (unpaired) electrons. The summed E-state index contributed by atoms with van der Waals surface area (Å²) in [6, 6.07) is 5.69. The molecule has 0 bridgehead atoms. The molecule has 0 spiro atoms. The van der Waals surface area contributed by atoms with Crippen molar-refractivity contribution in [1.29, 1.82) is 0 Å². The van der Waals surface area contributed by atoms with Crippen molar-refractivity contribution in [2.75, 3.05) is 13.1 Å². The summed E-state index contributed by atoms with van der Waals surface area (Å²) in [7, 11) is 0. The van der Waals surface area contributed by atoms with Gasteiger partial charge in [0.15, 0.2) is 11.5 Å². The Balaban J connectivity index is 1.69. The molecule has 3 nitrogen and oxygen atoms in total. The zero-order valence-corrected chi connectivity index (χ0v) is 11.0. The summed E-state index contributed by atoms with van der Waals surface area (Å²) in [4.78, 5) is 4.49. The molecular weight excluding hydrogens is 248 g/mol. The predicted molar refractivity (Wildman–Crippen MR) is 72.9 cm³/mol. The summed E-state index contributed by atoms with van der Waals surface area (Å²) >= 11 is 6.08. The first kappa shape index (κ1) is 12.0. The Hall–Kier alpha value is -1.06. The topological polar surface area (TPSA) is 38.1 Å². The van der Waals surface area contributed by atoms with Crippen LogP contribution in [0.2, 0.25) is 5.02 Å². The standard InChI is InChI=1S/C14H17ClN2O/c15-11-2-1-3-12-14(11)18-13(17-12)5-4-10-6-8-16-9-7-10/h1-3,10,16H,4-9H2. The van der Waals surface area contributed by atoms with Crippen molar-refractivity contribution in [2.24, 2.45) is 5.92 Å². The maximum Gasteiger partial charge on any atom is 0.195 e. The molecule has 0 atom stereocenters. The van der Waals surface area contributed by atoms with Crippen LogP contribution in [0.15, 0.2) is 22.6 Å². The molecule has 2 aromatic rings. The van der Waals surface area contributed by atoms with Crippen molar-refractivity contribution in [3.05, 3.63) is 29.1 Å². The Labute approximate surface area is 112 Å². The van der Waals surface area contributed by atoms with E-state index < -0.39 is 0 Å². The van der Waals surface area contributed by atoms with Crippen molar-refractivity contribution in [3.63, 3.8) is 0 Å². The van der Waals surface area contributed by atoms with Gasteiger partial charge in [0.25, 0.3) is 0 Å². The van der Waals surface area contributed by atoms with E-state index in [0.717, 1.165) is 48.8 Å². The number of para-hydroxylation sites is 1. The van der Waals surface area contributed by atoms with E-state index in [2.05, 4.69) is 10.3 Å². The van der Waals surface area contributed by atoms with E-state index in [9.17, 15) is 0 Å². The maximum absolute atomic E-state index is 6.08. The summed E-state index contributed by atoms with van der Waals surface area (Å²) in [5.74, 6) is 1.62. The number of aryl methyl sites for hydroxylation is 1. The van der Waals surface area contributed by atoms with E-state index in [-0.39, 0.29) is 0 Å². The molecule has 1 aromatic carbocycles. The van der Waals surface area contributed by atoms with Crippen LogP contribution in [-0.2, 0) is 6.42 Å². The van der Waals surface area contributed by atoms with Gasteiger partial charge in [-0.1, -0.05) is 17.7 Å². The molecule has 1 aliphatic heterocycles. The predicted octanol–water partition coefficient (Wildman–Crippen LogP) is 3.41. The number of oxazole rings is 1. The van der Waals surface area contributed by atoms with Crippen LogP contribution in [-0.4, -0.2) is 18.1 Å². The molecule has 4 heteroatoms. The highest BCUT2D eigenvalue weighted by molar-refractivity contribution is 6.34. The Bertz CT molecular complexity index is 532. The molecule has 1 aliphatic rings. The van der Waals surface area contributed by atoms with Gasteiger partial charge in [-0.2, -0.15) is 0 Å². The van der Waals surface area contributed by atoms with Gasteiger partial charge < -0.3 is 9.73 Å². The summed E-state index contributed by atoms with van der Waals surface area (Å²) in [6.07, 6.45) is 4.60. The molecule has 18 heavy (non-hydrogen) atoms. The molecule has 0 aliphatic carbocycles. The number of piperidine rings is 1. The van der Waals surface area contributed by atoms with Gasteiger partial charge >= 0.3 is 0 Å². The normalized spacial score (nSPS) is 17.4. The second-order valence-corrected chi connectivity index (χ2v) is 5.33. The minimum atomic E-state index is 0.646. The molecule has 0 amide bonds. The molecular formula is C14H17ClN2O. The number of aromatic nitrogens is 1. The van der Waals surface area contributed by atoms with Crippen LogP contribution in [0.3, 0.4) is 0 Å². The largest absolute Gasteiger partial charge is 0.439 e. The summed E-state index contributed by atoms with van der Waals surface area (Å²) in [5, 5.41) is 4.03. The first-order valence-electron chi connectivity index (χ1n) is 6.57. The monoisotopic (exact) mass is 264 g/mol. The number of hydrogen-bond acceptors (Lipinski definition) is 3. The second-order valence-electron chi connectivity index (χ2n) is 4.93. The second kappa shape index (κ2) is 5.29. The fourth-order valence-electron chi connectivity index (χ4n) is 2.57. The lowest BCUT2D eigenvalue weighted by atomic mass is 9.93. The Kier molecular flexibility index (Phi) is 3.52. The van der Waals surface area contributed by atoms with Crippen LogP contribution in [0.25, 0.3) is 11.1 Å². The Morgan fingerprint density at radius 2 is 2.17 bits per heavy atom. The first-order valence-corrected chi connectivity index (χ1v) is 6.95. The van der Waals surface area contributed by atoms with Gasteiger partial charge in [0.2, 0.25) is 0 Å². The van der Waals surface area contributed by atoms with E-state index in [0.29, 0.717) is 5.02 Å². The third kappa shape index (κ3) is 2.52. The number of hydrogen-bond donors (Lipinski definition) is 1.